The first kappa shape index (κ1) is 21.3. The molecule has 1 saturated carbocycles. The SMILES string of the molecule is O=C(c1cccnc1-c1ncccc1F)N1C[C@@H]2C[C@@H](Nc3ccc(C(F)(F)F)cn3)[C@@H]1C2. The summed E-state index contributed by atoms with van der Waals surface area (Å²) in [5, 5.41) is 3.18. The van der Waals surface area contributed by atoms with Crippen LogP contribution in [0.15, 0.2) is 55.0 Å². The molecule has 170 valence electrons. The second-order valence-corrected chi connectivity index (χ2v) is 8.28. The summed E-state index contributed by atoms with van der Waals surface area (Å²) in [6.45, 7) is 0.557. The van der Waals surface area contributed by atoms with Crippen LogP contribution in [-0.2, 0) is 6.18 Å². The van der Waals surface area contributed by atoms with Crippen LogP contribution in [0.2, 0.25) is 0 Å². The molecule has 2 aliphatic rings. The lowest BCUT2D eigenvalue weighted by molar-refractivity contribution is -0.137. The fourth-order valence-electron chi connectivity index (χ4n) is 4.73. The van der Waals surface area contributed by atoms with Crippen LogP contribution in [0.25, 0.3) is 11.4 Å². The number of aromatic nitrogens is 3. The molecule has 2 fully saturated rings. The van der Waals surface area contributed by atoms with E-state index in [1.807, 2.05) is 0 Å². The molecule has 1 aliphatic heterocycles. The van der Waals surface area contributed by atoms with E-state index in [2.05, 4.69) is 20.3 Å². The maximum Gasteiger partial charge on any atom is 0.417 e. The largest absolute Gasteiger partial charge is 0.417 e. The van der Waals surface area contributed by atoms with Crippen LogP contribution in [0, 0.1) is 11.7 Å². The number of amides is 1. The second-order valence-electron chi connectivity index (χ2n) is 8.28. The molecule has 10 heteroatoms. The maximum absolute atomic E-state index is 14.3. The quantitative estimate of drug-likeness (QED) is 0.588. The molecule has 5 rings (SSSR count). The Morgan fingerprint density at radius 3 is 2.42 bits per heavy atom. The van der Waals surface area contributed by atoms with E-state index in [1.165, 1.54) is 30.6 Å². The van der Waals surface area contributed by atoms with Crippen LogP contribution in [0.3, 0.4) is 0 Å². The Labute approximate surface area is 186 Å². The number of anilines is 1. The fourth-order valence-corrected chi connectivity index (χ4v) is 4.73. The van der Waals surface area contributed by atoms with Crippen molar-refractivity contribution in [3.63, 3.8) is 0 Å². The van der Waals surface area contributed by atoms with E-state index in [-0.39, 0.29) is 40.9 Å². The number of hydrogen-bond acceptors (Lipinski definition) is 5. The molecule has 0 unspecified atom stereocenters. The molecule has 6 nitrogen and oxygen atoms in total. The van der Waals surface area contributed by atoms with Crippen molar-refractivity contribution in [1.29, 1.82) is 0 Å². The van der Waals surface area contributed by atoms with Crippen molar-refractivity contribution in [2.24, 2.45) is 5.92 Å². The summed E-state index contributed by atoms with van der Waals surface area (Å²) in [7, 11) is 0. The van der Waals surface area contributed by atoms with Gasteiger partial charge in [-0.2, -0.15) is 13.2 Å². The van der Waals surface area contributed by atoms with Crippen molar-refractivity contribution in [1.82, 2.24) is 19.9 Å². The summed E-state index contributed by atoms with van der Waals surface area (Å²) in [6, 6.07) is 7.92. The second kappa shape index (κ2) is 8.09. The molecule has 3 atom stereocenters. The van der Waals surface area contributed by atoms with E-state index in [0.717, 1.165) is 25.1 Å². The Morgan fingerprint density at radius 1 is 1.00 bits per heavy atom. The minimum absolute atomic E-state index is 0.00874. The van der Waals surface area contributed by atoms with Crippen LogP contribution in [-0.4, -0.2) is 44.4 Å². The first-order valence-electron chi connectivity index (χ1n) is 10.5. The highest BCUT2D eigenvalue weighted by atomic mass is 19.4. The van der Waals surface area contributed by atoms with Gasteiger partial charge in [-0.15, -0.1) is 0 Å². The third-order valence-corrected chi connectivity index (χ3v) is 6.19. The highest BCUT2D eigenvalue weighted by Crippen LogP contribution is 2.40. The molecule has 0 aromatic carbocycles. The molecule has 2 bridgehead atoms. The number of hydrogen-bond donors (Lipinski definition) is 1. The molecule has 4 heterocycles. The van der Waals surface area contributed by atoms with E-state index in [9.17, 15) is 22.4 Å². The van der Waals surface area contributed by atoms with Gasteiger partial charge < -0.3 is 10.2 Å². The lowest BCUT2D eigenvalue weighted by Crippen LogP contribution is -2.48. The van der Waals surface area contributed by atoms with Gasteiger partial charge in [0.25, 0.3) is 5.91 Å². The number of fused-ring (bicyclic) bond motifs is 2. The predicted octanol–water partition coefficient (Wildman–Crippen LogP) is 4.41. The van der Waals surface area contributed by atoms with E-state index in [1.54, 1.807) is 17.0 Å². The summed E-state index contributed by atoms with van der Waals surface area (Å²) in [5.41, 5.74) is -0.371. The number of alkyl halides is 3. The lowest BCUT2D eigenvalue weighted by atomic mass is 10.0. The summed E-state index contributed by atoms with van der Waals surface area (Å²) >= 11 is 0. The zero-order chi connectivity index (χ0) is 23.2. The topological polar surface area (TPSA) is 71.0 Å². The van der Waals surface area contributed by atoms with Crippen LogP contribution in [0.5, 0.6) is 0 Å². The number of likely N-dealkylation sites (tertiary alicyclic amines) is 1. The third-order valence-electron chi connectivity index (χ3n) is 6.19. The molecule has 1 saturated heterocycles. The monoisotopic (exact) mass is 457 g/mol. The van der Waals surface area contributed by atoms with Gasteiger partial charge in [0.15, 0.2) is 5.82 Å². The Morgan fingerprint density at radius 2 is 1.76 bits per heavy atom. The van der Waals surface area contributed by atoms with E-state index in [0.29, 0.717) is 12.4 Å². The Hall–Kier alpha value is -3.56. The molecule has 3 aromatic rings. The molecule has 1 aliphatic carbocycles. The van der Waals surface area contributed by atoms with Crippen molar-refractivity contribution in [3.8, 4) is 11.4 Å². The molecular formula is C23H19F4N5O. The molecule has 0 spiro atoms. The number of carbonyl (C=O) groups excluding carboxylic acids is 1. The number of halogens is 4. The highest BCUT2D eigenvalue weighted by molar-refractivity contribution is 6.00. The van der Waals surface area contributed by atoms with Crippen molar-refractivity contribution < 1.29 is 22.4 Å². The molecule has 1 amide bonds. The van der Waals surface area contributed by atoms with E-state index < -0.39 is 17.6 Å². The third kappa shape index (κ3) is 4.01. The average molecular weight is 457 g/mol. The van der Waals surface area contributed by atoms with Crippen molar-refractivity contribution in [2.75, 3.05) is 11.9 Å². The van der Waals surface area contributed by atoms with Gasteiger partial charge in [-0.05, 0) is 55.2 Å². The van der Waals surface area contributed by atoms with Crippen LogP contribution < -0.4 is 5.32 Å². The van der Waals surface area contributed by atoms with Gasteiger partial charge >= 0.3 is 6.18 Å². The first-order valence-corrected chi connectivity index (χ1v) is 10.5. The maximum atomic E-state index is 14.3. The number of carbonyl (C=O) groups is 1. The molecule has 33 heavy (non-hydrogen) atoms. The molecular weight excluding hydrogens is 438 g/mol. The van der Waals surface area contributed by atoms with Crippen molar-refractivity contribution in [2.45, 2.75) is 31.1 Å². The highest BCUT2D eigenvalue weighted by Gasteiger charge is 2.47. The summed E-state index contributed by atoms with van der Waals surface area (Å²) in [6.07, 6.45) is 0.828. The van der Waals surface area contributed by atoms with Crippen molar-refractivity contribution >= 4 is 11.7 Å². The Bertz CT molecular complexity index is 1180. The Kier molecular flexibility index (Phi) is 5.22. The summed E-state index contributed by atoms with van der Waals surface area (Å²) in [5.74, 6) is -0.258. The predicted molar refractivity (Wildman–Crippen MR) is 112 cm³/mol. The number of pyridine rings is 3. The number of rotatable bonds is 4. The van der Waals surface area contributed by atoms with Crippen LogP contribution in [0.4, 0.5) is 23.4 Å². The van der Waals surface area contributed by atoms with Gasteiger partial charge in [-0.1, -0.05) is 0 Å². The van der Waals surface area contributed by atoms with E-state index >= 15 is 0 Å². The van der Waals surface area contributed by atoms with Gasteiger partial charge in [0.05, 0.1) is 17.2 Å². The summed E-state index contributed by atoms with van der Waals surface area (Å²) < 4.78 is 52.7. The standard InChI is InChI=1S/C23H19F4N5O/c24-16-4-2-8-29-21(16)20-15(3-1-7-28-20)22(33)32-12-13-9-17(18(32)10-13)31-19-6-5-14(11-30-19)23(25,26)27/h1-8,11,13,17-18H,9-10,12H2,(H,30,31)/t13-,17-,18+/m1/s1. The number of piperidine rings is 1. The first-order chi connectivity index (χ1) is 15.8. The van der Waals surface area contributed by atoms with Gasteiger partial charge in [-0.3, -0.25) is 14.8 Å². The zero-order valence-corrected chi connectivity index (χ0v) is 17.3. The van der Waals surface area contributed by atoms with Gasteiger partial charge in [0.2, 0.25) is 0 Å². The van der Waals surface area contributed by atoms with E-state index in [4.69, 9.17) is 0 Å². The molecule has 0 radical (unpaired) electrons. The zero-order valence-electron chi connectivity index (χ0n) is 17.3. The minimum atomic E-state index is -4.45. The van der Waals surface area contributed by atoms with Gasteiger partial charge in [0, 0.05) is 31.2 Å². The number of nitrogens with one attached hydrogen (secondary N) is 1. The Balaban J connectivity index is 1.37. The summed E-state index contributed by atoms with van der Waals surface area (Å²) in [4.78, 5) is 27.3. The molecule has 3 aromatic heterocycles. The minimum Gasteiger partial charge on any atom is -0.365 e. The lowest BCUT2D eigenvalue weighted by Gasteiger charge is -2.34. The van der Waals surface area contributed by atoms with Gasteiger partial charge in [0.1, 0.15) is 17.2 Å². The van der Waals surface area contributed by atoms with Crippen molar-refractivity contribution in [3.05, 3.63) is 71.9 Å². The van der Waals surface area contributed by atoms with Crippen LogP contribution >= 0.6 is 0 Å². The number of nitrogens with zero attached hydrogens (tertiary/aromatic N) is 4. The van der Waals surface area contributed by atoms with Gasteiger partial charge in [-0.25, -0.2) is 9.37 Å². The normalized spacial score (nSPS) is 21.9. The average Bonchev–Trinajstić information content (AvgIpc) is 3.39. The fraction of sp³-hybridized carbons (Fsp3) is 0.304. The molecule has 1 N–H and O–H groups in total. The smallest absolute Gasteiger partial charge is 0.365 e. The van der Waals surface area contributed by atoms with Crippen LogP contribution in [0.1, 0.15) is 28.8 Å².